The van der Waals surface area contributed by atoms with Crippen molar-refractivity contribution in [1.29, 1.82) is 0 Å². The number of ether oxygens (including phenoxy) is 1. The second-order valence-corrected chi connectivity index (χ2v) is 5.87. The van der Waals surface area contributed by atoms with Crippen LogP contribution in [0.25, 0.3) is 0 Å². The summed E-state index contributed by atoms with van der Waals surface area (Å²) in [7, 11) is 0. The topological polar surface area (TPSA) is 66.8 Å². The molecule has 0 spiro atoms. The van der Waals surface area contributed by atoms with Crippen LogP contribution in [0.2, 0.25) is 0 Å². The largest absolute Gasteiger partial charge is 0.489 e. The van der Waals surface area contributed by atoms with E-state index in [1.807, 2.05) is 24.3 Å². The van der Waals surface area contributed by atoms with Crippen molar-refractivity contribution in [2.75, 3.05) is 0 Å². The van der Waals surface area contributed by atoms with Crippen LogP contribution in [0.4, 0.5) is 0 Å². The molecule has 24 heavy (non-hydrogen) atoms. The summed E-state index contributed by atoms with van der Waals surface area (Å²) in [6.07, 6.45) is 3.57. The van der Waals surface area contributed by atoms with Crippen molar-refractivity contribution in [3.05, 3.63) is 65.2 Å². The van der Waals surface area contributed by atoms with Crippen LogP contribution in [-0.2, 0) is 6.61 Å². The van der Waals surface area contributed by atoms with E-state index in [-0.39, 0.29) is 5.56 Å². The Kier molecular flexibility index (Phi) is 6.82. The number of aliphatic hydroxyl groups is 1. The van der Waals surface area contributed by atoms with Gasteiger partial charge in [0.05, 0.1) is 11.7 Å². The Morgan fingerprint density at radius 3 is 2.54 bits per heavy atom. The third kappa shape index (κ3) is 5.39. The van der Waals surface area contributed by atoms with Gasteiger partial charge >= 0.3 is 5.97 Å². The van der Waals surface area contributed by atoms with Crippen LogP contribution >= 0.6 is 0 Å². The number of aromatic carboxylic acids is 1. The lowest BCUT2D eigenvalue weighted by atomic mass is 10.0. The third-order valence-electron chi connectivity index (χ3n) is 3.93. The quantitative estimate of drug-likeness (QED) is 0.661. The van der Waals surface area contributed by atoms with E-state index in [4.69, 9.17) is 9.84 Å². The van der Waals surface area contributed by atoms with E-state index in [1.165, 1.54) is 0 Å². The van der Waals surface area contributed by atoms with Crippen LogP contribution in [0, 0.1) is 0 Å². The van der Waals surface area contributed by atoms with Gasteiger partial charge in [-0.2, -0.15) is 0 Å². The van der Waals surface area contributed by atoms with E-state index in [9.17, 15) is 9.90 Å². The highest BCUT2D eigenvalue weighted by molar-refractivity contribution is 5.87. The minimum atomic E-state index is -0.938. The fraction of sp³-hybridized carbons (Fsp3) is 0.350. The summed E-state index contributed by atoms with van der Waals surface area (Å²) in [6.45, 7) is 2.50. The molecule has 0 aromatic heterocycles. The van der Waals surface area contributed by atoms with Gasteiger partial charge in [-0.3, -0.25) is 0 Å². The van der Waals surface area contributed by atoms with Gasteiger partial charge in [0, 0.05) is 0 Å². The number of hydrogen-bond acceptors (Lipinski definition) is 3. The molecule has 4 heteroatoms. The molecule has 0 heterocycles. The van der Waals surface area contributed by atoms with Crippen molar-refractivity contribution < 1.29 is 19.7 Å². The highest BCUT2D eigenvalue weighted by Gasteiger charge is 2.08. The summed E-state index contributed by atoms with van der Waals surface area (Å²) in [5.74, 6) is -0.239. The lowest BCUT2D eigenvalue weighted by Crippen LogP contribution is -2.01. The van der Waals surface area contributed by atoms with Crippen LogP contribution < -0.4 is 4.74 Å². The van der Waals surface area contributed by atoms with E-state index in [2.05, 4.69) is 6.92 Å². The molecule has 0 bridgehead atoms. The molecule has 2 aromatic carbocycles. The first-order valence-corrected chi connectivity index (χ1v) is 8.33. The zero-order chi connectivity index (χ0) is 17.4. The van der Waals surface area contributed by atoms with Gasteiger partial charge in [0.1, 0.15) is 12.4 Å². The van der Waals surface area contributed by atoms with Crippen molar-refractivity contribution in [2.45, 2.75) is 45.3 Å². The fourth-order valence-corrected chi connectivity index (χ4v) is 2.48. The van der Waals surface area contributed by atoms with E-state index >= 15 is 0 Å². The van der Waals surface area contributed by atoms with Gasteiger partial charge < -0.3 is 14.9 Å². The van der Waals surface area contributed by atoms with Gasteiger partial charge in [0.2, 0.25) is 0 Å². The van der Waals surface area contributed by atoms with Crippen LogP contribution in [0.15, 0.2) is 48.5 Å². The van der Waals surface area contributed by atoms with Gasteiger partial charge in [-0.25, -0.2) is 4.79 Å². The second kappa shape index (κ2) is 9.08. The van der Waals surface area contributed by atoms with E-state index < -0.39 is 12.1 Å². The van der Waals surface area contributed by atoms with Gasteiger partial charge in [-0.15, -0.1) is 0 Å². The lowest BCUT2D eigenvalue weighted by Gasteiger charge is -2.13. The molecule has 0 unspecified atom stereocenters. The molecular formula is C20H24O4. The molecular weight excluding hydrogens is 304 g/mol. The van der Waals surface area contributed by atoms with Crippen LogP contribution in [0.5, 0.6) is 5.75 Å². The van der Waals surface area contributed by atoms with Crippen molar-refractivity contribution >= 4 is 5.97 Å². The maximum atomic E-state index is 10.8. The van der Waals surface area contributed by atoms with Crippen molar-refractivity contribution in [3.8, 4) is 5.75 Å². The summed E-state index contributed by atoms with van der Waals surface area (Å²) in [6, 6.07) is 14.1. The van der Waals surface area contributed by atoms with Crippen LogP contribution in [0.1, 0.15) is 60.2 Å². The molecule has 0 aliphatic carbocycles. The van der Waals surface area contributed by atoms with E-state index in [1.54, 1.807) is 24.3 Å². The summed E-state index contributed by atoms with van der Waals surface area (Å²) >= 11 is 0. The maximum absolute atomic E-state index is 10.8. The van der Waals surface area contributed by atoms with Crippen molar-refractivity contribution in [2.24, 2.45) is 0 Å². The molecule has 0 amide bonds. The predicted octanol–water partition coefficient (Wildman–Crippen LogP) is 4.58. The number of benzene rings is 2. The Labute approximate surface area is 142 Å². The Balaban J connectivity index is 1.92. The van der Waals surface area contributed by atoms with Gasteiger partial charge in [-0.05, 0) is 41.8 Å². The molecule has 0 saturated carbocycles. The zero-order valence-electron chi connectivity index (χ0n) is 13.9. The predicted molar refractivity (Wildman–Crippen MR) is 93.3 cm³/mol. The first kappa shape index (κ1) is 18.0. The molecule has 4 nitrogen and oxygen atoms in total. The average molecular weight is 328 g/mol. The van der Waals surface area contributed by atoms with Crippen molar-refractivity contribution in [1.82, 2.24) is 0 Å². The first-order chi connectivity index (χ1) is 11.6. The number of carboxylic acid groups (broad SMARTS) is 1. The molecule has 1 atom stereocenters. The highest BCUT2D eigenvalue weighted by atomic mass is 16.5. The smallest absolute Gasteiger partial charge is 0.335 e. The molecule has 2 rings (SSSR count). The summed E-state index contributed by atoms with van der Waals surface area (Å²) in [4.78, 5) is 10.8. The van der Waals surface area contributed by atoms with Gasteiger partial charge in [0.25, 0.3) is 0 Å². The zero-order valence-corrected chi connectivity index (χ0v) is 13.9. The van der Waals surface area contributed by atoms with Gasteiger partial charge in [-0.1, -0.05) is 50.5 Å². The minimum absolute atomic E-state index is 0.260. The number of hydrogen-bond donors (Lipinski definition) is 2. The van der Waals surface area contributed by atoms with E-state index in [0.717, 1.165) is 36.8 Å². The molecule has 0 saturated heterocycles. The molecule has 128 valence electrons. The second-order valence-electron chi connectivity index (χ2n) is 5.87. The molecule has 2 N–H and O–H groups in total. The minimum Gasteiger partial charge on any atom is -0.489 e. The molecule has 0 aliphatic rings. The summed E-state index contributed by atoms with van der Waals surface area (Å²) in [5, 5.41) is 19.1. The third-order valence-corrected chi connectivity index (χ3v) is 3.93. The number of carboxylic acids is 1. The highest BCUT2D eigenvalue weighted by Crippen LogP contribution is 2.24. The normalized spacial score (nSPS) is 11.9. The van der Waals surface area contributed by atoms with Crippen LogP contribution in [0.3, 0.4) is 0 Å². The standard InChI is InChI=1S/C20H24O4/c1-2-3-4-8-19(21)17-6-5-7-18(13-17)24-14-15-9-11-16(12-10-15)20(22)23/h5-7,9-13,19,21H,2-4,8,14H2,1H3,(H,22,23)/t19-/m1/s1. The molecule has 0 radical (unpaired) electrons. The number of rotatable bonds is 9. The molecule has 0 fully saturated rings. The monoisotopic (exact) mass is 328 g/mol. The number of aliphatic hydroxyl groups excluding tert-OH is 1. The first-order valence-electron chi connectivity index (χ1n) is 8.33. The van der Waals surface area contributed by atoms with Crippen LogP contribution in [-0.4, -0.2) is 16.2 Å². The summed E-state index contributed by atoms with van der Waals surface area (Å²) < 4.78 is 5.75. The summed E-state index contributed by atoms with van der Waals surface area (Å²) in [5.41, 5.74) is 2.02. The Hall–Kier alpha value is -2.33. The average Bonchev–Trinajstić information content (AvgIpc) is 2.60. The molecule has 0 aliphatic heterocycles. The number of unbranched alkanes of at least 4 members (excludes halogenated alkanes) is 2. The SMILES string of the molecule is CCCCC[C@@H](O)c1cccc(OCc2ccc(C(=O)O)cc2)c1. The Morgan fingerprint density at radius 1 is 1.12 bits per heavy atom. The van der Waals surface area contributed by atoms with E-state index in [0.29, 0.717) is 12.4 Å². The molecule has 2 aromatic rings. The maximum Gasteiger partial charge on any atom is 0.335 e. The Morgan fingerprint density at radius 2 is 1.88 bits per heavy atom. The fourth-order valence-electron chi connectivity index (χ4n) is 2.48. The van der Waals surface area contributed by atoms with Gasteiger partial charge in [0.15, 0.2) is 0 Å². The van der Waals surface area contributed by atoms with Crippen molar-refractivity contribution in [3.63, 3.8) is 0 Å². The number of carbonyl (C=O) groups is 1. The lowest BCUT2D eigenvalue weighted by molar-refractivity contribution is 0.0697. The Bertz CT molecular complexity index is 649.